The molecular weight excluding hydrogens is 252 g/mol. The monoisotopic (exact) mass is 272 g/mol. The Kier molecular flexibility index (Phi) is 4.76. The van der Waals surface area contributed by atoms with Gasteiger partial charge in [0.1, 0.15) is 0 Å². The number of rotatable bonds is 6. The second-order valence-electron chi connectivity index (χ2n) is 4.63. The molecule has 0 spiro atoms. The van der Waals surface area contributed by atoms with Gasteiger partial charge in [-0.2, -0.15) is 5.10 Å². The second-order valence-corrected chi connectivity index (χ2v) is 4.63. The largest absolute Gasteiger partial charge is 0.396 e. The van der Waals surface area contributed by atoms with Crippen molar-refractivity contribution in [3.63, 3.8) is 0 Å². The van der Waals surface area contributed by atoms with E-state index in [-0.39, 0.29) is 5.91 Å². The number of aryl methyl sites for hydroxylation is 2. The standard InChI is InChI=1S/C15H20N4O/c1-2-19-11-13(16)14(18-19)15(20)17-10-6-9-12-7-4-3-5-8-12/h3-5,7-8,11H,2,6,9-10,16H2,1H3,(H,17,20). The van der Waals surface area contributed by atoms with Gasteiger partial charge < -0.3 is 11.1 Å². The van der Waals surface area contributed by atoms with Crippen LogP contribution in [-0.2, 0) is 13.0 Å². The predicted molar refractivity (Wildman–Crippen MR) is 79.4 cm³/mol. The molecule has 0 radical (unpaired) electrons. The van der Waals surface area contributed by atoms with Crippen LogP contribution < -0.4 is 11.1 Å². The van der Waals surface area contributed by atoms with Crippen LogP contribution in [0.5, 0.6) is 0 Å². The lowest BCUT2D eigenvalue weighted by Gasteiger charge is -2.04. The van der Waals surface area contributed by atoms with Gasteiger partial charge in [0, 0.05) is 19.3 Å². The van der Waals surface area contributed by atoms with Gasteiger partial charge in [0.25, 0.3) is 5.91 Å². The van der Waals surface area contributed by atoms with Crippen LogP contribution in [0, 0.1) is 0 Å². The zero-order chi connectivity index (χ0) is 14.4. The Labute approximate surface area is 118 Å². The van der Waals surface area contributed by atoms with Crippen LogP contribution in [0.4, 0.5) is 5.69 Å². The quantitative estimate of drug-likeness (QED) is 0.788. The number of hydrogen-bond acceptors (Lipinski definition) is 3. The maximum absolute atomic E-state index is 11.9. The lowest BCUT2D eigenvalue weighted by Crippen LogP contribution is -2.26. The second kappa shape index (κ2) is 6.75. The molecule has 2 aromatic rings. The lowest BCUT2D eigenvalue weighted by atomic mass is 10.1. The highest BCUT2D eigenvalue weighted by Crippen LogP contribution is 2.08. The summed E-state index contributed by atoms with van der Waals surface area (Å²) in [5.41, 5.74) is 7.78. The van der Waals surface area contributed by atoms with Crippen LogP contribution in [0.2, 0.25) is 0 Å². The van der Waals surface area contributed by atoms with E-state index in [1.807, 2.05) is 25.1 Å². The highest BCUT2D eigenvalue weighted by Gasteiger charge is 2.13. The summed E-state index contributed by atoms with van der Waals surface area (Å²) in [5.74, 6) is -0.206. The highest BCUT2D eigenvalue weighted by atomic mass is 16.1. The van der Waals surface area contributed by atoms with E-state index in [1.54, 1.807) is 10.9 Å². The van der Waals surface area contributed by atoms with Gasteiger partial charge in [0.2, 0.25) is 0 Å². The molecule has 106 valence electrons. The molecule has 0 saturated carbocycles. The van der Waals surface area contributed by atoms with Crippen molar-refractivity contribution in [1.29, 1.82) is 0 Å². The van der Waals surface area contributed by atoms with E-state index in [2.05, 4.69) is 22.5 Å². The number of hydrogen-bond donors (Lipinski definition) is 2. The van der Waals surface area contributed by atoms with Crippen LogP contribution in [0.15, 0.2) is 36.5 Å². The van der Waals surface area contributed by atoms with Gasteiger partial charge >= 0.3 is 0 Å². The van der Waals surface area contributed by atoms with Gasteiger partial charge in [0.15, 0.2) is 5.69 Å². The van der Waals surface area contributed by atoms with Crippen molar-refractivity contribution >= 4 is 11.6 Å². The van der Waals surface area contributed by atoms with E-state index in [0.29, 0.717) is 24.5 Å². The topological polar surface area (TPSA) is 72.9 Å². The molecule has 0 bridgehead atoms. The third kappa shape index (κ3) is 3.60. The Bertz CT molecular complexity index is 563. The summed E-state index contributed by atoms with van der Waals surface area (Å²) in [7, 11) is 0. The van der Waals surface area contributed by atoms with Gasteiger partial charge in [-0.15, -0.1) is 0 Å². The number of nitrogen functional groups attached to an aromatic ring is 1. The SMILES string of the molecule is CCn1cc(N)c(C(=O)NCCCc2ccccc2)n1. The maximum Gasteiger partial charge on any atom is 0.273 e. The highest BCUT2D eigenvalue weighted by molar-refractivity contribution is 5.96. The summed E-state index contributed by atoms with van der Waals surface area (Å²) in [6.45, 7) is 3.27. The Morgan fingerprint density at radius 3 is 2.75 bits per heavy atom. The Balaban J connectivity index is 1.79. The molecule has 0 atom stereocenters. The molecule has 0 unspecified atom stereocenters. The van der Waals surface area contributed by atoms with Gasteiger partial charge in [-0.25, -0.2) is 0 Å². The Morgan fingerprint density at radius 2 is 2.10 bits per heavy atom. The lowest BCUT2D eigenvalue weighted by molar-refractivity contribution is 0.0948. The molecule has 2 rings (SSSR count). The molecular formula is C15H20N4O. The normalized spacial score (nSPS) is 10.4. The molecule has 0 saturated heterocycles. The number of anilines is 1. The fraction of sp³-hybridized carbons (Fsp3) is 0.333. The number of carbonyl (C=O) groups is 1. The van der Waals surface area contributed by atoms with Gasteiger partial charge in [-0.1, -0.05) is 30.3 Å². The molecule has 1 aromatic carbocycles. The van der Waals surface area contributed by atoms with Crippen molar-refractivity contribution in [2.24, 2.45) is 0 Å². The zero-order valence-corrected chi connectivity index (χ0v) is 11.7. The summed E-state index contributed by atoms with van der Waals surface area (Å²) in [5, 5.41) is 7.00. The molecule has 1 amide bonds. The van der Waals surface area contributed by atoms with Crippen molar-refractivity contribution in [2.45, 2.75) is 26.3 Å². The molecule has 0 aliphatic rings. The third-order valence-corrected chi connectivity index (χ3v) is 3.10. The molecule has 0 fully saturated rings. The number of nitrogens with zero attached hydrogens (tertiary/aromatic N) is 2. The average molecular weight is 272 g/mol. The van der Waals surface area contributed by atoms with Crippen LogP contribution in [0.1, 0.15) is 29.4 Å². The molecule has 0 aliphatic carbocycles. The first-order chi connectivity index (χ1) is 9.70. The molecule has 5 heteroatoms. The van der Waals surface area contributed by atoms with Gasteiger partial charge in [-0.3, -0.25) is 9.48 Å². The van der Waals surface area contributed by atoms with Crippen LogP contribution in [0.25, 0.3) is 0 Å². The number of benzene rings is 1. The summed E-state index contributed by atoms with van der Waals surface area (Å²) in [4.78, 5) is 11.9. The molecule has 1 heterocycles. The van der Waals surface area contributed by atoms with E-state index >= 15 is 0 Å². The minimum Gasteiger partial charge on any atom is -0.396 e. The first-order valence-electron chi connectivity index (χ1n) is 6.85. The summed E-state index contributed by atoms with van der Waals surface area (Å²) < 4.78 is 1.66. The maximum atomic E-state index is 11.9. The van der Waals surface area contributed by atoms with Crippen LogP contribution in [0.3, 0.4) is 0 Å². The first-order valence-corrected chi connectivity index (χ1v) is 6.85. The Morgan fingerprint density at radius 1 is 1.35 bits per heavy atom. The number of carbonyl (C=O) groups excluding carboxylic acids is 1. The molecule has 20 heavy (non-hydrogen) atoms. The van der Waals surface area contributed by atoms with Gasteiger partial charge in [-0.05, 0) is 25.3 Å². The van der Waals surface area contributed by atoms with Crippen molar-refractivity contribution in [3.8, 4) is 0 Å². The molecule has 0 aliphatic heterocycles. The minimum atomic E-state index is -0.206. The minimum absolute atomic E-state index is 0.206. The van der Waals surface area contributed by atoms with E-state index in [1.165, 1.54) is 5.56 Å². The fourth-order valence-corrected chi connectivity index (χ4v) is 2.00. The fourth-order valence-electron chi connectivity index (χ4n) is 2.00. The van der Waals surface area contributed by atoms with E-state index in [4.69, 9.17) is 5.73 Å². The third-order valence-electron chi connectivity index (χ3n) is 3.10. The molecule has 5 nitrogen and oxygen atoms in total. The summed E-state index contributed by atoms with van der Waals surface area (Å²) in [6, 6.07) is 10.2. The van der Waals surface area contributed by atoms with E-state index in [0.717, 1.165) is 12.8 Å². The van der Waals surface area contributed by atoms with Crippen molar-refractivity contribution in [3.05, 3.63) is 47.8 Å². The zero-order valence-electron chi connectivity index (χ0n) is 11.7. The van der Waals surface area contributed by atoms with Crippen molar-refractivity contribution in [2.75, 3.05) is 12.3 Å². The number of amides is 1. The summed E-state index contributed by atoms with van der Waals surface area (Å²) in [6.07, 6.45) is 3.52. The summed E-state index contributed by atoms with van der Waals surface area (Å²) >= 11 is 0. The number of aromatic nitrogens is 2. The van der Waals surface area contributed by atoms with E-state index < -0.39 is 0 Å². The van der Waals surface area contributed by atoms with Crippen LogP contribution >= 0.6 is 0 Å². The predicted octanol–water partition coefficient (Wildman–Crippen LogP) is 1.85. The Hall–Kier alpha value is -2.30. The number of nitrogens with one attached hydrogen (secondary N) is 1. The number of nitrogens with two attached hydrogens (primary N) is 1. The van der Waals surface area contributed by atoms with Crippen LogP contribution in [-0.4, -0.2) is 22.2 Å². The smallest absolute Gasteiger partial charge is 0.273 e. The van der Waals surface area contributed by atoms with Gasteiger partial charge in [0.05, 0.1) is 5.69 Å². The molecule has 3 N–H and O–H groups in total. The van der Waals surface area contributed by atoms with Crippen molar-refractivity contribution in [1.82, 2.24) is 15.1 Å². The van der Waals surface area contributed by atoms with E-state index in [9.17, 15) is 4.79 Å². The van der Waals surface area contributed by atoms with Crippen molar-refractivity contribution < 1.29 is 4.79 Å². The average Bonchev–Trinajstić information content (AvgIpc) is 2.86. The molecule has 1 aromatic heterocycles. The first kappa shape index (κ1) is 14.1.